The number of urea groups is 1. The lowest BCUT2D eigenvalue weighted by Crippen LogP contribution is -2.35. The van der Waals surface area contributed by atoms with Crippen molar-refractivity contribution < 1.29 is 19.1 Å². The molecular formula is C13H16ClN3O4. The van der Waals surface area contributed by atoms with Gasteiger partial charge in [0.2, 0.25) is 0 Å². The van der Waals surface area contributed by atoms with Crippen LogP contribution in [0.5, 0.6) is 0 Å². The van der Waals surface area contributed by atoms with Gasteiger partial charge in [-0.25, -0.2) is 4.79 Å². The highest BCUT2D eigenvalue weighted by atomic mass is 35.5. The molecule has 0 aliphatic carbocycles. The molecule has 7 nitrogen and oxygen atoms in total. The molecule has 4 N–H and O–H groups in total. The molecule has 114 valence electrons. The van der Waals surface area contributed by atoms with Crippen molar-refractivity contribution in [2.45, 2.75) is 12.5 Å². The topological polar surface area (TPSA) is 111 Å². The Hall–Kier alpha value is -2.28. The number of esters is 1. The van der Waals surface area contributed by atoms with Crippen molar-refractivity contribution in [3.05, 3.63) is 34.9 Å². The van der Waals surface area contributed by atoms with Crippen LogP contribution in [0.25, 0.3) is 0 Å². The zero-order chi connectivity index (χ0) is 15.8. The minimum Gasteiger partial charge on any atom is -0.456 e. The predicted molar refractivity (Wildman–Crippen MR) is 76.6 cm³/mol. The lowest BCUT2D eigenvalue weighted by Gasteiger charge is -2.18. The van der Waals surface area contributed by atoms with Gasteiger partial charge in [-0.3, -0.25) is 9.59 Å². The van der Waals surface area contributed by atoms with Crippen molar-refractivity contribution >= 4 is 29.5 Å². The number of rotatable bonds is 6. The fourth-order valence-corrected chi connectivity index (χ4v) is 1.88. The van der Waals surface area contributed by atoms with Gasteiger partial charge in [-0.1, -0.05) is 29.8 Å². The first-order chi connectivity index (χ1) is 9.93. The molecule has 0 heterocycles. The molecule has 3 amide bonds. The number of primary amides is 1. The summed E-state index contributed by atoms with van der Waals surface area (Å²) in [5.74, 6) is -1.09. The maximum atomic E-state index is 11.7. The molecule has 0 saturated heterocycles. The number of nitrogens with two attached hydrogens (primary N) is 1. The summed E-state index contributed by atoms with van der Waals surface area (Å²) in [5, 5.41) is 5.13. The SMILES string of the molecule is CNC(=O)COC(=O)C[C@@H](NC(N)=O)c1ccccc1Cl. The largest absolute Gasteiger partial charge is 0.456 e. The lowest BCUT2D eigenvalue weighted by atomic mass is 10.0. The zero-order valence-electron chi connectivity index (χ0n) is 11.4. The number of likely N-dealkylation sites (N-methyl/N-ethyl adjacent to an activating group) is 1. The molecular weight excluding hydrogens is 298 g/mol. The highest BCUT2D eigenvalue weighted by molar-refractivity contribution is 6.31. The van der Waals surface area contributed by atoms with Crippen LogP contribution >= 0.6 is 11.6 Å². The molecule has 0 saturated carbocycles. The van der Waals surface area contributed by atoms with Gasteiger partial charge in [0.1, 0.15) is 0 Å². The zero-order valence-corrected chi connectivity index (χ0v) is 12.1. The molecule has 0 unspecified atom stereocenters. The highest BCUT2D eigenvalue weighted by Gasteiger charge is 2.21. The maximum Gasteiger partial charge on any atom is 0.312 e. The van der Waals surface area contributed by atoms with Crippen molar-refractivity contribution in [3.63, 3.8) is 0 Å². The summed E-state index contributed by atoms with van der Waals surface area (Å²) in [6, 6.07) is 5.20. The third-order valence-electron chi connectivity index (χ3n) is 2.61. The summed E-state index contributed by atoms with van der Waals surface area (Å²) < 4.78 is 4.78. The van der Waals surface area contributed by atoms with Crippen molar-refractivity contribution in [1.82, 2.24) is 10.6 Å². The summed E-state index contributed by atoms with van der Waals surface area (Å²) in [4.78, 5) is 33.7. The van der Waals surface area contributed by atoms with E-state index in [1.165, 1.54) is 7.05 Å². The molecule has 0 aliphatic heterocycles. The van der Waals surface area contributed by atoms with Crippen molar-refractivity contribution in [2.24, 2.45) is 5.73 Å². The van der Waals surface area contributed by atoms with Crippen molar-refractivity contribution in [1.29, 1.82) is 0 Å². The number of benzene rings is 1. The smallest absolute Gasteiger partial charge is 0.312 e. The summed E-state index contributed by atoms with van der Waals surface area (Å²) in [6.07, 6.45) is -0.191. The van der Waals surface area contributed by atoms with E-state index in [4.69, 9.17) is 22.1 Å². The number of hydrogen-bond acceptors (Lipinski definition) is 4. The third-order valence-corrected chi connectivity index (χ3v) is 2.96. The Morgan fingerprint density at radius 1 is 1.33 bits per heavy atom. The van der Waals surface area contributed by atoms with Crippen LogP contribution in [0.2, 0.25) is 5.02 Å². The summed E-state index contributed by atoms with van der Waals surface area (Å²) in [7, 11) is 1.43. The van der Waals surface area contributed by atoms with Crippen LogP contribution in [0.3, 0.4) is 0 Å². The van der Waals surface area contributed by atoms with E-state index in [1.807, 2.05) is 0 Å². The molecule has 1 aromatic rings. The van der Waals surface area contributed by atoms with E-state index in [9.17, 15) is 14.4 Å². The van der Waals surface area contributed by atoms with Gasteiger partial charge in [-0.15, -0.1) is 0 Å². The number of halogens is 1. The van der Waals surface area contributed by atoms with Gasteiger partial charge in [-0.05, 0) is 11.6 Å². The Morgan fingerprint density at radius 2 is 2.00 bits per heavy atom. The van der Waals surface area contributed by atoms with E-state index in [-0.39, 0.29) is 13.0 Å². The summed E-state index contributed by atoms with van der Waals surface area (Å²) in [6.45, 7) is -0.388. The average Bonchev–Trinajstić information content (AvgIpc) is 2.44. The number of amides is 3. The predicted octanol–water partition coefficient (Wildman–Crippen LogP) is 0.729. The standard InChI is InChI=1S/C13H16ClN3O4/c1-16-11(18)7-21-12(19)6-10(17-13(15)20)8-4-2-3-5-9(8)14/h2-5,10H,6-7H2,1H3,(H,16,18)(H3,15,17,20)/t10-/m1/s1. The molecule has 21 heavy (non-hydrogen) atoms. The molecule has 0 aliphatic rings. The van der Waals surface area contributed by atoms with Gasteiger partial charge >= 0.3 is 12.0 Å². The van der Waals surface area contributed by atoms with Crippen molar-refractivity contribution in [2.75, 3.05) is 13.7 Å². The van der Waals surface area contributed by atoms with Gasteiger partial charge < -0.3 is 21.1 Å². The Labute approximate surface area is 126 Å². The van der Waals surface area contributed by atoms with Crippen LogP contribution in [0.4, 0.5) is 4.79 Å². The Balaban J connectivity index is 2.75. The van der Waals surface area contributed by atoms with Crippen LogP contribution in [-0.2, 0) is 14.3 Å². The van der Waals surface area contributed by atoms with Crippen LogP contribution in [0.1, 0.15) is 18.0 Å². The van der Waals surface area contributed by atoms with E-state index in [1.54, 1.807) is 24.3 Å². The fraction of sp³-hybridized carbons (Fsp3) is 0.308. The second-order valence-corrected chi connectivity index (χ2v) is 4.53. The quantitative estimate of drug-likeness (QED) is 0.672. The lowest BCUT2D eigenvalue weighted by molar-refractivity contribution is -0.148. The minimum atomic E-state index is -0.793. The first-order valence-electron chi connectivity index (χ1n) is 6.10. The van der Waals surface area contributed by atoms with E-state index < -0.39 is 23.9 Å². The Bertz CT molecular complexity index is 536. The van der Waals surface area contributed by atoms with E-state index in [0.29, 0.717) is 10.6 Å². The van der Waals surface area contributed by atoms with E-state index in [2.05, 4.69) is 10.6 Å². The molecule has 1 rings (SSSR count). The summed E-state index contributed by atoms with van der Waals surface area (Å²) >= 11 is 6.03. The van der Waals surface area contributed by atoms with Crippen molar-refractivity contribution in [3.8, 4) is 0 Å². The fourth-order valence-electron chi connectivity index (χ4n) is 1.61. The molecule has 1 atom stereocenters. The van der Waals surface area contributed by atoms with Gasteiger partial charge in [-0.2, -0.15) is 0 Å². The molecule has 8 heteroatoms. The number of hydrogen-bond donors (Lipinski definition) is 3. The van der Waals surface area contributed by atoms with Gasteiger partial charge in [0.05, 0.1) is 12.5 Å². The van der Waals surface area contributed by atoms with Gasteiger partial charge in [0, 0.05) is 12.1 Å². The molecule has 1 aromatic carbocycles. The highest BCUT2D eigenvalue weighted by Crippen LogP contribution is 2.25. The van der Waals surface area contributed by atoms with Crippen LogP contribution in [0, 0.1) is 0 Å². The average molecular weight is 314 g/mol. The number of carbonyl (C=O) groups is 3. The van der Waals surface area contributed by atoms with Crippen LogP contribution < -0.4 is 16.4 Å². The second-order valence-electron chi connectivity index (χ2n) is 4.12. The van der Waals surface area contributed by atoms with E-state index in [0.717, 1.165) is 0 Å². The third kappa shape index (κ3) is 5.70. The second kappa shape index (κ2) is 8.11. The van der Waals surface area contributed by atoms with Gasteiger partial charge in [0.25, 0.3) is 5.91 Å². The molecule has 0 radical (unpaired) electrons. The van der Waals surface area contributed by atoms with Crippen LogP contribution in [0.15, 0.2) is 24.3 Å². The number of carbonyl (C=O) groups excluding carboxylic acids is 3. The normalized spacial score (nSPS) is 11.3. The molecule has 0 spiro atoms. The Morgan fingerprint density at radius 3 is 2.57 bits per heavy atom. The molecule has 0 aromatic heterocycles. The first kappa shape index (κ1) is 16.8. The molecule has 0 bridgehead atoms. The minimum absolute atomic E-state index is 0.191. The summed E-state index contributed by atoms with van der Waals surface area (Å²) in [5.41, 5.74) is 5.63. The van der Waals surface area contributed by atoms with E-state index >= 15 is 0 Å². The number of ether oxygens (including phenoxy) is 1. The van der Waals surface area contributed by atoms with Crippen LogP contribution in [-0.4, -0.2) is 31.6 Å². The van der Waals surface area contributed by atoms with Gasteiger partial charge in [0.15, 0.2) is 6.61 Å². The monoisotopic (exact) mass is 313 g/mol. The first-order valence-corrected chi connectivity index (χ1v) is 6.48. The number of nitrogens with one attached hydrogen (secondary N) is 2. The Kier molecular flexibility index (Phi) is 6.48. The molecule has 0 fully saturated rings. The maximum absolute atomic E-state index is 11.7.